The maximum Gasteiger partial charge on any atom is 0.118 e. The van der Waals surface area contributed by atoms with Crippen LogP contribution >= 0.6 is 0 Å². The summed E-state index contributed by atoms with van der Waals surface area (Å²) in [4.78, 5) is 0. The van der Waals surface area contributed by atoms with E-state index in [1.165, 1.54) is 0 Å². The van der Waals surface area contributed by atoms with Gasteiger partial charge in [0, 0.05) is 6.42 Å². The van der Waals surface area contributed by atoms with Crippen LogP contribution in [0.25, 0.3) is 0 Å². The first-order valence-corrected chi connectivity index (χ1v) is 4.18. The highest BCUT2D eigenvalue weighted by Crippen LogP contribution is 2.12. The van der Waals surface area contributed by atoms with Crippen molar-refractivity contribution in [1.82, 2.24) is 0 Å². The number of aliphatic hydroxyl groups is 2. The number of benzene rings is 1. The van der Waals surface area contributed by atoms with Gasteiger partial charge in [-0.2, -0.15) is 0 Å². The second-order valence-corrected chi connectivity index (χ2v) is 2.89. The van der Waals surface area contributed by atoms with Crippen molar-refractivity contribution < 1.29 is 14.9 Å². The second-order valence-electron chi connectivity index (χ2n) is 2.89. The zero-order valence-electron chi connectivity index (χ0n) is 7.60. The van der Waals surface area contributed by atoms with Gasteiger partial charge >= 0.3 is 0 Å². The first-order chi connectivity index (χ1) is 6.26. The highest BCUT2D eigenvalue weighted by atomic mass is 16.5. The number of ether oxygens (including phenoxy) is 1. The largest absolute Gasteiger partial charge is 0.497 e. The van der Waals surface area contributed by atoms with Gasteiger partial charge in [0.25, 0.3) is 0 Å². The van der Waals surface area contributed by atoms with Crippen molar-refractivity contribution in [2.45, 2.75) is 12.5 Å². The monoisotopic (exact) mass is 182 g/mol. The highest BCUT2D eigenvalue weighted by Gasteiger charge is 2.03. The molecule has 1 aromatic carbocycles. The molecule has 1 unspecified atom stereocenters. The van der Waals surface area contributed by atoms with Gasteiger partial charge in [-0.05, 0) is 17.7 Å². The van der Waals surface area contributed by atoms with Crippen molar-refractivity contribution in [2.24, 2.45) is 0 Å². The van der Waals surface area contributed by atoms with Crippen molar-refractivity contribution in [3.8, 4) is 5.75 Å². The highest BCUT2D eigenvalue weighted by molar-refractivity contribution is 5.27. The van der Waals surface area contributed by atoms with Gasteiger partial charge in [0.1, 0.15) is 5.75 Å². The summed E-state index contributed by atoms with van der Waals surface area (Å²) in [6.07, 6.45) is -0.200. The fourth-order valence-electron chi connectivity index (χ4n) is 1.10. The molecular formula is C10H14O3. The molecule has 72 valence electrons. The van der Waals surface area contributed by atoms with E-state index in [9.17, 15) is 0 Å². The number of hydrogen-bond donors (Lipinski definition) is 2. The van der Waals surface area contributed by atoms with E-state index in [-0.39, 0.29) is 6.61 Å². The summed E-state index contributed by atoms with van der Waals surface area (Å²) >= 11 is 0. The van der Waals surface area contributed by atoms with Gasteiger partial charge in [0.15, 0.2) is 0 Å². The van der Waals surface area contributed by atoms with Gasteiger partial charge < -0.3 is 14.9 Å². The zero-order valence-corrected chi connectivity index (χ0v) is 7.60. The van der Waals surface area contributed by atoms with Crippen molar-refractivity contribution in [2.75, 3.05) is 13.7 Å². The zero-order chi connectivity index (χ0) is 9.68. The van der Waals surface area contributed by atoms with Crippen LogP contribution in [-0.2, 0) is 6.42 Å². The molecule has 1 aromatic rings. The lowest BCUT2D eigenvalue weighted by atomic mass is 10.1. The third-order valence-electron chi connectivity index (χ3n) is 1.84. The average Bonchev–Trinajstić information content (AvgIpc) is 2.19. The molecule has 0 aliphatic heterocycles. The Labute approximate surface area is 77.6 Å². The SMILES string of the molecule is COc1ccc(CC(O)CO)cc1. The minimum atomic E-state index is -0.673. The molecule has 13 heavy (non-hydrogen) atoms. The molecule has 0 amide bonds. The predicted molar refractivity (Wildman–Crippen MR) is 49.8 cm³/mol. The van der Waals surface area contributed by atoms with Crippen molar-refractivity contribution in [1.29, 1.82) is 0 Å². The molecule has 0 aliphatic carbocycles. The van der Waals surface area contributed by atoms with Crippen LogP contribution in [0, 0.1) is 0 Å². The lowest BCUT2D eigenvalue weighted by molar-refractivity contribution is 0.0955. The summed E-state index contributed by atoms with van der Waals surface area (Å²) in [5.41, 5.74) is 0.988. The van der Waals surface area contributed by atoms with E-state index in [1.807, 2.05) is 24.3 Å². The van der Waals surface area contributed by atoms with Crippen LogP contribution in [0.5, 0.6) is 5.75 Å². The van der Waals surface area contributed by atoms with Gasteiger partial charge in [-0.15, -0.1) is 0 Å². The molecule has 2 N–H and O–H groups in total. The Balaban J connectivity index is 2.58. The topological polar surface area (TPSA) is 49.7 Å². The van der Waals surface area contributed by atoms with Crippen LogP contribution in [0.4, 0.5) is 0 Å². The van der Waals surface area contributed by atoms with Crippen LogP contribution in [0.15, 0.2) is 24.3 Å². The summed E-state index contributed by atoms with van der Waals surface area (Å²) in [6, 6.07) is 7.41. The molecular weight excluding hydrogens is 168 g/mol. The van der Waals surface area contributed by atoms with E-state index >= 15 is 0 Å². The Bertz CT molecular complexity index is 243. The maximum atomic E-state index is 9.16. The molecule has 0 saturated carbocycles. The third-order valence-corrected chi connectivity index (χ3v) is 1.84. The first-order valence-electron chi connectivity index (χ1n) is 4.18. The predicted octanol–water partition coefficient (Wildman–Crippen LogP) is 0.591. The molecule has 0 spiro atoms. The Hall–Kier alpha value is -1.06. The molecule has 0 aliphatic rings. The summed E-state index contributed by atoms with van der Waals surface area (Å²) in [6.45, 7) is -0.202. The molecule has 0 fully saturated rings. The quantitative estimate of drug-likeness (QED) is 0.716. The minimum Gasteiger partial charge on any atom is -0.497 e. The molecule has 3 heteroatoms. The molecule has 0 heterocycles. The van der Waals surface area contributed by atoms with Crippen LogP contribution in [0.3, 0.4) is 0 Å². The summed E-state index contributed by atoms with van der Waals surface area (Å²) in [5.74, 6) is 0.794. The Kier molecular flexibility index (Phi) is 3.73. The molecule has 0 bridgehead atoms. The van der Waals surface area contributed by atoms with Gasteiger partial charge in [-0.25, -0.2) is 0 Å². The van der Waals surface area contributed by atoms with Crippen molar-refractivity contribution in [3.63, 3.8) is 0 Å². The fourth-order valence-corrected chi connectivity index (χ4v) is 1.10. The smallest absolute Gasteiger partial charge is 0.118 e. The van der Waals surface area contributed by atoms with Crippen LogP contribution in [0.1, 0.15) is 5.56 Å². The average molecular weight is 182 g/mol. The molecule has 0 saturated heterocycles. The van der Waals surface area contributed by atoms with Gasteiger partial charge in [-0.1, -0.05) is 12.1 Å². The van der Waals surface area contributed by atoms with Gasteiger partial charge in [0.05, 0.1) is 19.8 Å². The van der Waals surface area contributed by atoms with E-state index in [2.05, 4.69) is 0 Å². The minimum absolute atomic E-state index is 0.202. The number of rotatable bonds is 4. The van der Waals surface area contributed by atoms with Crippen molar-refractivity contribution >= 4 is 0 Å². The molecule has 3 nitrogen and oxygen atoms in total. The van der Waals surface area contributed by atoms with Crippen molar-refractivity contribution in [3.05, 3.63) is 29.8 Å². The maximum absolute atomic E-state index is 9.16. The lowest BCUT2D eigenvalue weighted by Gasteiger charge is -2.07. The first kappa shape index (κ1) is 10.0. The Morgan fingerprint density at radius 1 is 1.31 bits per heavy atom. The summed E-state index contributed by atoms with van der Waals surface area (Å²) in [5, 5.41) is 17.8. The summed E-state index contributed by atoms with van der Waals surface area (Å²) < 4.78 is 4.99. The van der Waals surface area contributed by atoms with E-state index in [0.29, 0.717) is 6.42 Å². The van der Waals surface area contributed by atoms with E-state index in [4.69, 9.17) is 14.9 Å². The third kappa shape index (κ3) is 3.05. The normalized spacial score (nSPS) is 12.5. The number of hydrogen-bond acceptors (Lipinski definition) is 3. The number of aliphatic hydroxyl groups excluding tert-OH is 2. The standard InChI is InChI=1S/C10H14O3/c1-13-10-4-2-8(3-5-10)6-9(12)7-11/h2-5,9,11-12H,6-7H2,1H3. The Morgan fingerprint density at radius 3 is 2.38 bits per heavy atom. The molecule has 1 atom stereocenters. The second kappa shape index (κ2) is 4.84. The van der Waals surface area contributed by atoms with Crippen LogP contribution in [0.2, 0.25) is 0 Å². The van der Waals surface area contributed by atoms with E-state index in [1.54, 1.807) is 7.11 Å². The van der Waals surface area contributed by atoms with Gasteiger partial charge in [0.2, 0.25) is 0 Å². The lowest BCUT2D eigenvalue weighted by Crippen LogP contribution is -2.14. The van der Waals surface area contributed by atoms with Crippen LogP contribution < -0.4 is 4.74 Å². The van der Waals surface area contributed by atoms with Crippen LogP contribution in [-0.4, -0.2) is 30.0 Å². The Morgan fingerprint density at radius 2 is 1.92 bits per heavy atom. The van der Waals surface area contributed by atoms with Gasteiger partial charge in [-0.3, -0.25) is 0 Å². The summed E-state index contributed by atoms with van der Waals surface area (Å²) in [7, 11) is 1.61. The van der Waals surface area contributed by atoms with E-state index in [0.717, 1.165) is 11.3 Å². The molecule has 0 aromatic heterocycles. The molecule has 0 radical (unpaired) electrons. The fraction of sp³-hybridized carbons (Fsp3) is 0.400. The van der Waals surface area contributed by atoms with E-state index < -0.39 is 6.10 Å². The number of methoxy groups -OCH3 is 1. The molecule has 1 rings (SSSR count).